The average Bonchev–Trinajstić information content (AvgIpc) is 2.26. The number of aliphatic hydroxyl groups excluding tert-OH is 1. The molecule has 0 saturated carbocycles. The lowest BCUT2D eigenvalue weighted by Gasteiger charge is -2.31. The van der Waals surface area contributed by atoms with Crippen molar-refractivity contribution >= 4 is 0 Å². The van der Waals surface area contributed by atoms with Crippen LogP contribution in [0.3, 0.4) is 0 Å². The lowest BCUT2D eigenvalue weighted by Crippen LogP contribution is -2.41. The maximum atomic E-state index is 13.7. The van der Waals surface area contributed by atoms with Crippen molar-refractivity contribution in [2.45, 2.75) is 32.2 Å². The Morgan fingerprint density at radius 3 is 2.59 bits per heavy atom. The van der Waals surface area contributed by atoms with Gasteiger partial charge in [-0.15, -0.1) is 0 Å². The van der Waals surface area contributed by atoms with Gasteiger partial charge < -0.3 is 10.4 Å². The van der Waals surface area contributed by atoms with E-state index in [1.807, 2.05) is 13.8 Å². The summed E-state index contributed by atoms with van der Waals surface area (Å²) in [5.41, 5.74) is -0.274. The van der Waals surface area contributed by atoms with Crippen LogP contribution in [-0.4, -0.2) is 18.3 Å². The van der Waals surface area contributed by atoms with Crippen molar-refractivity contribution in [2.24, 2.45) is 0 Å². The second-order valence-corrected chi connectivity index (χ2v) is 4.36. The van der Waals surface area contributed by atoms with Gasteiger partial charge in [-0.25, -0.2) is 8.78 Å². The van der Waals surface area contributed by atoms with Crippen LogP contribution in [0.4, 0.5) is 8.78 Å². The summed E-state index contributed by atoms with van der Waals surface area (Å²) in [7, 11) is 0. The van der Waals surface area contributed by atoms with E-state index in [1.54, 1.807) is 0 Å². The summed E-state index contributed by atoms with van der Waals surface area (Å²) in [4.78, 5) is 0. The summed E-state index contributed by atoms with van der Waals surface area (Å²) in [6.07, 6.45) is 1.29. The minimum atomic E-state index is -0.664. The van der Waals surface area contributed by atoms with Gasteiger partial charge in [-0.1, -0.05) is 13.0 Å². The van der Waals surface area contributed by atoms with Gasteiger partial charge in [0.1, 0.15) is 11.6 Å². The Hall–Kier alpha value is -1.00. The maximum absolute atomic E-state index is 13.7. The fourth-order valence-electron chi connectivity index (χ4n) is 1.88. The Kier molecular flexibility index (Phi) is 5.02. The average molecular weight is 243 g/mol. The zero-order valence-corrected chi connectivity index (χ0v) is 10.3. The van der Waals surface area contributed by atoms with Crippen molar-refractivity contribution in [2.75, 3.05) is 13.2 Å². The first-order valence-corrected chi connectivity index (χ1v) is 5.85. The van der Waals surface area contributed by atoms with Crippen LogP contribution in [0.2, 0.25) is 0 Å². The molecule has 0 aliphatic carbocycles. The summed E-state index contributed by atoms with van der Waals surface area (Å²) >= 11 is 0. The topological polar surface area (TPSA) is 32.3 Å². The van der Waals surface area contributed by atoms with Crippen molar-refractivity contribution in [3.8, 4) is 0 Å². The van der Waals surface area contributed by atoms with E-state index in [4.69, 9.17) is 5.11 Å². The van der Waals surface area contributed by atoms with E-state index in [1.165, 1.54) is 12.1 Å². The Labute approximate surface area is 101 Å². The second-order valence-electron chi connectivity index (χ2n) is 4.36. The third-order valence-corrected chi connectivity index (χ3v) is 2.90. The number of nitrogens with one attached hydrogen (secondary N) is 1. The SMILES string of the molecule is CCCNC(C)(CCO)c1ccc(F)cc1F. The Morgan fingerprint density at radius 2 is 2.06 bits per heavy atom. The van der Waals surface area contributed by atoms with Crippen molar-refractivity contribution < 1.29 is 13.9 Å². The first-order chi connectivity index (χ1) is 8.03. The lowest BCUT2D eigenvalue weighted by atomic mass is 9.88. The van der Waals surface area contributed by atoms with Gasteiger partial charge in [0.2, 0.25) is 0 Å². The zero-order valence-electron chi connectivity index (χ0n) is 10.3. The summed E-state index contributed by atoms with van der Waals surface area (Å²) in [6.45, 7) is 4.49. The number of aliphatic hydroxyl groups is 1. The molecule has 0 aromatic heterocycles. The molecule has 0 bridgehead atoms. The van der Waals surface area contributed by atoms with Gasteiger partial charge in [-0.2, -0.15) is 0 Å². The van der Waals surface area contributed by atoms with Crippen LogP contribution in [0.5, 0.6) is 0 Å². The molecule has 17 heavy (non-hydrogen) atoms. The van der Waals surface area contributed by atoms with E-state index in [9.17, 15) is 8.78 Å². The predicted octanol–water partition coefficient (Wildman–Crippen LogP) is 2.56. The molecule has 0 heterocycles. The Morgan fingerprint density at radius 1 is 1.35 bits per heavy atom. The number of rotatable bonds is 6. The highest BCUT2D eigenvalue weighted by Crippen LogP contribution is 2.27. The maximum Gasteiger partial charge on any atom is 0.131 e. The molecule has 0 saturated heterocycles. The van der Waals surface area contributed by atoms with Gasteiger partial charge in [0.05, 0.1) is 0 Å². The highest BCUT2D eigenvalue weighted by molar-refractivity contribution is 5.26. The van der Waals surface area contributed by atoms with Gasteiger partial charge in [-0.3, -0.25) is 0 Å². The largest absolute Gasteiger partial charge is 0.396 e. The van der Waals surface area contributed by atoms with Crippen molar-refractivity contribution in [1.82, 2.24) is 5.32 Å². The highest BCUT2D eigenvalue weighted by atomic mass is 19.1. The lowest BCUT2D eigenvalue weighted by molar-refractivity contribution is 0.217. The molecule has 96 valence electrons. The van der Waals surface area contributed by atoms with Gasteiger partial charge in [-0.05, 0) is 32.4 Å². The summed E-state index contributed by atoms with van der Waals surface area (Å²) < 4.78 is 26.6. The van der Waals surface area contributed by atoms with E-state index < -0.39 is 17.2 Å². The van der Waals surface area contributed by atoms with Crippen LogP contribution in [0.15, 0.2) is 18.2 Å². The predicted molar refractivity (Wildman–Crippen MR) is 63.7 cm³/mol. The second kappa shape index (κ2) is 6.07. The van der Waals surface area contributed by atoms with Crippen LogP contribution in [0.1, 0.15) is 32.3 Å². The molecule has 0 aliphatic rings. The molecule has 0 amide bonds. The van der Waals surface area contributed by atoms with Crippen LogP contribution in [0.25, 0.3) is 0 Å². The smallest absolute Gasteiger partial charge is 0.131 e. The van der Waals surface area contributed by atoms with Gasteiger partial charge >= 0.3 is 0 Å². The third-order valence-electron chi connectivity index (χ3n) is 2.90. The van der Waals surface area contributed by atoms with Crippen LogP contribution in [0, 0.1) is 11.6 Å². The normalized spacial score (nSPS) is 14.6. The van der Waals surface area contributed by atoms with E-state index in [2.05, 4.69) is 5.32 Å². The number of hydrogen-bond acceptors (Lipinski definition) is 2. The Bertz CT molecular complexity index is 370. The number of halogens is 2. The molecule has 2 nitrogen and oxygen atoms in total. The highest BCUT2D eigenvalue weighted by Gasteiger charge is 2.28. The summed E-state index contributed by atoms with van der Waals surface area (Å²) in [5.74, 6) is -1.17. The molecule has 1 unspecified atom stereocenters. The quantitative estimate of drug-likeness (QED) is 0.804. The van der Waals surface area contributed by atoms with Crippen LogP contribution >= 0.6 is 0 Å². The molecule has 0 radical (unpaired) electrons. The van der Waals surface area contributed by atoms with E-state index in [-0.39, 0.29) is 6.61 Å². The minimum Gasteiger partial charge on any atom is -0.396 e. The van der Waals surface area contributed by atoms with Gasteiger partial charge in [0.15, 0.2) is 0 Å². The first kappa shape index (κ1) is 14.1. The van der Waals surface area contributed by atoms with Crippen molar-refractivity contribution in [3.63, 3.8) is 0 Å². The van der Waals surface area contributed by atoms with Gasteiger partial charge in [0.25, 0.3) is 0 Å². The molecule has 1 rings (SSSR count). The molecule has 1 aromatic rings. The van der Waals surface area contributed by atoms with Crippen LogP contribution in [-0.2, 0) is 5.54 Å². The van der Waals surface area contributed by atoms with E-state index >= 15 is 0 Å². The summed E-state index contributed by atoms with van der Waals surface area (Å²) in [6, 6.07) is 3.54. The molecule has 1 aromatic carbocycles. The molecule has 0 spiro atoms. The van der Waals surface area contributed by atoms with E-state index in [0.717, 1.165) is 12.5 Å². The molecular weight excluding hydrogens is 224 g/mol. The van der Waals surface area contributed by atoms with Crippen molar-refractivity contribution in [1.29, 1.82) is 0 Å². The molecular formula is C13H19F2NO. The standard InChI is InChI=1S/C13H19F2NO/c1-3-7-16-13(2,6-8-17)11-5-4-10(14)9-12(11)15/h4-5,9,16-17H,3,6-8H2,1-2H3. The molecule has 0 fully saturated rings. The fourth-order valence-corrected chi connectivity index (χ4v) is 1.88. The Balaban J connectivity index is 3.03. The molecule has 2 N–H and O–H groups in total. The van der Waals surface area contributed by atoms with Gasteiger partial charge in [0, 0.05) is 23.8 Å². The number of benzene rings is 1. The van der Waals surface area contributed by atoms with Crippen LogP contribution < -0.4 is 5.32 Å². The van der Waals surface area contributed by atoms with E-state index in [0.29, 0.717) is 18.5 Å². The molecule has 4 heteroatoms. The minimum absolute atomic E-state index is 0.0516. The summed E-state index contributed by atoms with van der Waals surface area (Å²) in [5, 5.41) is 12.3. The van der Waals surface area contributed by atoms with Crippen molar-refractivity contribution in [3.05, 3.63) is 35.4 Å². The fraction of sp³-hybridized carbons (Fsp3) is 0.538. The number of hydrogen-bond donors (Lipinski definition) is 2. The first-order valence-electron chi connectivity index (χ1n) is 5.85. The third kappa shape index (κ3) is 3.48. The molecule has 0 aliphatic heterocycles. The molecule has 1 atom stereocenters. The zero-order chi connectivity index (χ0) is 12.9. The monoisotopic (exact) mass is 243 g/mol.